The van der Waals surface area contributed by atoms with Gasteiger partial charge in [-0.15, -0.1) is 11.3 Å². The van der Waals surface area contributed by atoms with Crippen molar-refractivity contribution in [3.8, 4) is 10.6 Å². The molecule has 0 radical (unpaired) electrons. The average molecular weight is 355 g/mol. The van der Waals surface area contributed by atoms with E-state index in [2.05, 4.69) is 43.3 Å². The highest BCUT2D eigenvalue weighted by Gasteiger charge is 2.43. The lowest BCUT2D eigenvalue weighted by molar-refractivity contribution is -0.0821. The maximum absolute atomic E-state index is 6.31. The van der Waals surface area contributed by atoms with E-state index in [1.165, 1.54) is 16.1 Å². The highest BCUT2D eigenvalue weighted by atomic mass is 32.1. The van der Waals surface area contributed by atoms with Crippen molar-refractivity contribution >= 4 is 11.3 Å². The van der Waals surface area contributed by atoms with Crippen LogP contribution >= 0.6 is 11.3 Å². The first-order valence-corrected chi connectivity index (χ1v) is 9.51. The summed E-state index contributed by atoms with van der Waals surface area (Å²) in [4.78, 5) is 8.33. The Balaban J connectivity index is 1.36. The molecule has 0 unspecified atom stereocenters. The van der Waals surface area contributed by atoms with Crippen molar-refractivity contribution in [2.24, 2.45) is 7.05 Å². The molecule has 0 saturated carbocycles. The summed E-state index contributed by atoms with van der Waals surface area (Å²) >= 11 is 1.77. The van der Waals surface area contributed by atoms with Crippen LogP contribution in [0.2, 0.25) is 0 Å². The molecule has 5 heterocycles. The van der Waals surface area contributed by atoms with Crippen LogP contribution in [-0.2, 0) is 31.5 Å². The third-order valence-electron chi connectivity index (χ3n) is 5.23. The summed E-state index contributed by atoms with van der Waals surface area (Å²) in [5.41, 5.74) is 2.39. The van der Waals surface area contributed by atoms with Gasteiger partial charge in [0.1, 0.15) is 18.0 Å². The molecule has 0 bridgehead atoms. The number of rotatable bonds is 3. The van der Waals surface area contributed by atoms with Gasteiger partial charge in [-0.05, 0) is 17.9 Å². The summed E-state index contributed by atoms with van der Waals surface area (Å²) < 4.78 is 10.5. The SMILES string of the molecule is Cn1cc(CN2CC[C@]3(C2)Cn2c(-c4cccs4)cnc2CO3)cn1. The molecule has 0 amide bonds. The molecule has 5 rings (SSSR count). The summed E-state index contributed by atoms with van der Waals surface area (Å²) in [5, 5.41) is 6.39. The van der Waals surface area contributed by atoms with Gasteiger partial charge in [0.25, 0.3) is 0 Å². The Morgan fingerprint density at radius 2 is 2.28 bits per heavy atom. The van der Waals surface area contributed by atoms with Gasteiger partial charge in [0.2, 0.25) is 0 Å². The molecule has 3 aromatic heterocycles. The van der Waals surface area contributed by atoms with Crippen molar-refractivity contribution < 1.29 is 4.74 Å². The number of fused-ring (bicyclic) bond motifs is 1. The fourth-order valence-corrected chi connectivity index (χ4v) is 4.74. The van der Waals surface area contributed by atoms with Crippen LogP contribution in [0.15, 0.2) is 36.1 Å². The van der Waals surface area contributed by atoms with E-state index in [1.54, 1.807) is 11.3 Å². The predicted molar refractivity (Wildman–Crippen MR) is 96.2 cm³/mol. The quantitative estimate of drug-likeness (QED) is 0.724. The van der Waals surface area contributed by atoms with Gasteiger partial charge in [-0.2, -0.15) is 5.10 Å². The second-order valence-electron chi connectivity index (χ2n) is 7.08. The number of imidazole rings is 1. The molecule has 7 heteroatoms. The van der Waals surface area contributed by atoms with E-state index in [0.29, 0.717) is 6.61 Å². The van der Waals surface area contributed by atoms with E-state index in [1.807, 2.05) is 24.1 Å². The van der Waals surface area contributed by atoms with Gasteiger partial charge in [-0.3, -0.25) is 9.58 Å². The largest absolute Gasteiger partial charge is 0.364 e. The lowest BCUT2D eigenvalue weighted by Gasteiger charge is -2.35. The van der Waals surface area contributed by atoms with Crippen molar-refractivity contribution in [3.63, 3.8) is 0 Å². The van der Waals surface area contributed by atoms with Crippen LogP contribution in [0.5, 0.6) is 0 Å². The molecule has 3 aromatic rings. The van der Waals surface area contributed by atoms with Crippen molar-refractivity contribution in [1.29, 1.82) is 0 Å². The molecule has 1 atom stereocenters. The number of hydrogen-bond donors (Lipinski definition) is 0. The summed E-state index contributed by atoms with van der Waals surface area (Å²) in [6.07, 6.45) is 7.10. The summed E-state index contributed by atoms with van der Waals surface area (Å²) in [6.45, 7) is 4.45. The minimum atomic E-state index is -0.0953. The van der Waals surface area contributed by atoms with Crippen LogP contribution in [0.1, 0.15) is 17.8 Å². The number of aromatic nitrogens is 4. The molecule has 0 aromatic carbocycles. The van der Waals surface area contributed by atoms with E-state index in [9.17, 15) is 0 Å². The maximum atomic E-state index is 6.31. The van der Waals surface area contributed by atoms with Gasteiger partial charge < -0.3 is 9.30 Å². The molecule has 0 aliphatic carbocycles. The number of thiophene rings is 1. The lowest BCUT2D eigenvalue weighted by Crippen LogP contribution is -2.44. The monoisotopic (exact) mass is 355 g/mol. The standard InChI is InChI=1S/C18H21N5OS/c1-21-9-14(7-20-21)10-22-5-4-18(12-22)13-23-15(16-3-2-6-25-16)8-19-17(23)11-24-18/h2-3,6-9H,4-5,10-13H2,1H3/t18-/m0/s1. The van der Waals surface area contributed by atoms with Gasteiger partial charge >= 0.3 is 0 Å². The number of hydrogen-bond acceptors (Lipinski definition) is 5. The number of ether oxygens (including phenoxy) is 1. The van der Waals surface area contributed by atoms with Gasteiger partial charge in [-0.25, -0.2) is 4.98 Å². The molecule has 6 nitrogen and oxygen atoms in total. The minimum absolute atomic E-state index is 0.0953. The van der Waals surface area contributed by atoms with E-state index < -0.39 is 0 Å². The third-order valence-corrected chi connectivity index (χ3v) is 6.12. The Labute approximate surface area is 150 Å². The first-order chi connectivity index (χ1) is 12.2. The zero-order valence-electron chi connectivity index (χ0n) is 14.3. The van der Waals surface area contributed by atoms with Crippen molar-refractivity contribution in [2.45, 2.75) is 31.7 Å². The van der Waals surface area contributed by atoms with Crippen molar-refractivity contribution in [1.82, 2.24) is 24.2 Å². The molecule has 2 aliphatic rings. The average Bonchev–Trinajstić information content (AvgIpc) is 3.36. The van der Waals surface area contributed by atoms with Crippen LogP contribution in [0.4, 0.5) is 0 Å². The molecule has 130 valence electrons. The number of likely N-dealkylation sites (tertiary alicyclic amines) is 1. The smallest absolute Gasteiger partial charge is 0.135 e. The predicted octanol–water partition coefficient (Wildman–Crippen LogP) is 2.52. The van der Waals surface area contributed by atoms with Gasteiger partial charge in [-0.1, -0.05) is 6.07 Å². The highest BCUT2D eigenvalue weighted by molar-refractivity contribution is 7.13. The Morgan fingerprint density at radius 3 is 3.08 bits per heavy atom. The van der Waals surface area contributed by atoms with E-state index in [0.717, 1.165) is 38.4 Å². The Bertz CT molecular complexity index is 883. The van der Waals surface area contributed by atoms with Crippen LogP contribution in [0.3, 0.4) is 0 Å². The zero-order valence-corrected chi connectivity index (χ0v) is 15.1. The molecular weight excluding hydrogens is 334 g/mol. The van der Waals surface area contributed by atoms with Gasteiger partial charge in [0.05, 0.1) is 29.5 Å². The van der Waals surface area contributed by atoms with E-state index >= 15 is 0 Å². The van der Waals surface area contributed by atoms with Crippen LogP contribution < -0.4 is 0 Å². The van der Waals surface area contributed by atoms with Crippen molar-refractivity contribution in [3.05, 3.63) is 47.5 Å². The second kappa shape index (κ2) is 5.79. The zero-order chi connectivity index (χ0) is 16.9. The normalized spacial score (nSPS) is 23.4. The number of aryl methyl sites for hydroxylation is 1. The lowest BCUT2D eigenvalue weighted by atomic mass is 10.0. The maximum Gasteiger partial charge on any atom is 0.135 e. The Hall–Kier alpha value is -1.96. The van der Waals surface area contributed by atoms with Crippen LogP contribution in [0, 0.1) is 0 Å². The topological polar surface area (TPSA) is 48.1 Å². The second-order valence-corrected chi connectivity index (χ2v) is 8.03. The summed E-state index contributed by atoms with van der Waals surface area (Å²) in [7, 11) is 1.96. The molecule has 0 N–H and O–H groups in total. The number of nitrogens with zero attached hydrogens (tertiary/aromatic N) is 5. The van der Waals surface area contributed by atoms with Crippen LogP contribution in [0.25, 0.3) is 10.6 Å². The Kier molecular flexibility index (Phi) is 3.55. The van der Waals surface area contributed by atoms with Gasteiger partial charge in [0.15, 0.2) is 0 Å². The van der Waals surface area contributed by atoms with Crippen molar-refractivity contribution in [2.75, 3.05) is 13.1 Å². The fourth-order valence-electron chi connectivity index (χ4n) is 4.00. The molecule has 1 fully saturated rings. The first-order valence-electron chi connectivity index (χ1n) is 8.63. The highest BCUT2D eigenvalue weighted by Crippen LogP contribution is 2.36. The minimum Gasteiger partial charge on any atom is -0.364 e. The van der Waals surface area contributed by atoms with E-state index in [4.69, 9.17) is 4.74 Å². The third kappa shape index (κ3) is 2.72. The van der Waals surface area contributed by atoms with Crippen LogP contribution in [-0.4, -0.2) is 42.9 Å². The molecular formula is C18H21N5OS. The molecule has 25 heavy (non-hydrogen) atoms. The molecule has 2 aliphatic heterocycles. The fraction of sp³-hybridized carbons (Fsp3) is 0.444. The molecule has 1 spiro atoms. The Morgan fingerprint density at radius 1 is 1.32 bits per heavy atom. The van der Waals surface area contributed by atoms with Gasteiger partial charge in [0, 0.05) is 38.4 Å². The van der Waals surface area contributed by atoms with E-state index in [-0.39, 0.29) is 5.60 Å². The molecule has 1 saturated heterocycles. The first kappa shape index (κ1) is 15.3. The summed E-state index contributed by atoms with van der Waals surface area (Å²) in [6, 6.07) is 4.26. The summed E-state index contributed by atoms with van der Waals surface area (Å²) in [5.74, 6) is 1.04.